The van der Waals surface area contributed by atoms with E-state index in [1.54, 1.807) is 0 Å². The van der Waals surface area contributed by atoms with Crippen LogP contribution in [0.15, 0.2) is 0 Å². The van der Waals surface area contributed by atoms with E-state index in [1.807, 2.05) is 34.6 Å². The first-order valence-corrected chi connectivity index (χ1v) is 5.34. The maximum atomic E-state index is 9.69. The summed E-state index contributed by atoms with van der Waals surface area (Å²) < 4.78 is 10.5. The van der Waals surface area contributed by atoms with Crippen molar-refractivity contribution >= 4 is 0 Å². The summed E-state index contributed by atoms with van der Waals surface area (Å²) >= 11 is 0. The molecule has 0 aromatic heterocycles. The normalized spacial score (nSPS) is 13.5. The van der Waals surface area contributed by atoms with Crippen LogP contribution in [0, 0.1) is 17.3 Å². The van der Waals surface area contributed by atoms with E-state index in [0.717, 1.165) is 0 Å². The van der Waals surface area contributed by atoms with Gasteiger partial charge in [-0.05, 0) is 25.2 Å². The van der Waals surface area contributed by atoms with E-state index in [0.29, 0.717) is 13.2 Å². The van der Waals surface area contributed by atoms with Gasteiger partial charge in [0.1, 0.15) is 6.10 Å². The van der Waals surface area contributed by atoms with Crippen LogP contribution in [-0.4, -0.2) is 30.7 Å². The van der Waals surface area contributed by atoms with Gasteiger partial charge in [0.25, 0.3) is 0 Å². The van der Waals surface area contributed by atoms with Crippen molar-refractivity contribution < 1.29 is 14.6 Å². The highest BCUT2D eigenvalue weighted by Crippen LogP contribution is 2.18. The molecular formula is C12H22O3. The van der Waals surface area contributed by atoms with Crippen molar-refractivity contribution in [1.29, 1.82) is 0 Å². The Morgan fingerprint density at radius 1 is 1.07 bits per heavy atom. The van der Waals surface area contributed by atoms with Gasteiger partial charge in [0.15, 0.2) is 0 Å². The molecule has 0 saturated carbocycles. The largest absolute Gasteiger partial charge is 0.380 e. The maximum absolute atomic E-state index is 9.69. The smallest absolute Gasteiger partial charge is 0.222 e. The number of rotatable bonds is 4. The van der Waals surface area contributed by atoms with Crippen LogP contribution in [0.3, 0.4) is 0 Å². The molecule has 0 fully saturated rings. The molecule has 0 aromatic carbocycles. The molecule has 88 valence electrons. The van der Waals surface area contributed by atoms with Gasteiger partial charge in [-0.15, -0.1) is 0 Å². The van der Waals surface area contributed by atoms with E-state index in [-0.39, 0.29) is 5.41 Å². The van der Waals surface area contributed by atoms with Gasteiger partial charge in [0, 0.05) is 13.2 Å². The Balaban J connectivity index is 4.31. The minimum absolute atomic E-state index is 0.240. The summed E-state index contributed by atoms with van der Waals surface area (Å²) in [5.74, 6) is 5.53. The lowest BCUT2D eigenvalue weighted by molar-refractivity contribution is -0.0972. The summed E-state index contributed by atoms with van der Waals surface area (Å²) in [6, 6.07) is 0. The molecule has 1 atom stereocenters. The van der Waals surface area contributed by atoms with E-state index in [9.17, 15) is 5.11 Å². The highest BCUT2D eigenvalue weighted by molar-refractivity contribution is 5.10. The third-order valence-corrected chi connectivity index (χ3v) is 1.79. The molecule has 0 saturated heterocycles. The lowest BCUT2D eigenvalue weighted by Crippen LogP contribution is -2.25. The van der Waals surface area contributed by atoms with Crippen LogP contribution in [0.2, 0.25) is 0 Å². The molecular weight excluding hydrogens is 192 g/mol. The fraction of sp³-hybridized carbons (Fsp3) is 0.833. The molecule has 0 aromatic rings. The summed E-state index contributed by atoms with van der Waals surface area (Å²) in [7, 11) is 0. The van der Waals surface area contributed by atoms with E-state index >= 15 is 0 Å². The maximum Gasteiger partial charge on any atom is 0.222 e. The van der Waals surface area contributed by atoms with Gasteiger partial charge < -0.3 is 14.6 Å². The van der Waals surface area contributed by atoms with Crippen LogP contribution in [-0.2, 0) is 9.47 Å². The van der Waals surface area contributed by atoms with Crippen molar-refractivity contribution in [3.63, 3.8) is 0 Å². The van der Waals surface area contributed by atoms with Gasteiger partial charge in [-0.3, -0.25) is 0 Å². The fourth-order valence-electron chi connectivity index (χ4n) is 0.798. The first-order chi connectivity index (χ1) is 6.91. The summed E-state index contributed by atoms with van der Waals surface area (Å²) in [5.41, 5.74) is -0.240. The number of aliphatic hydroxyl groups excluding tert-OH is 1. The molecule has 0 aliphatic carbocycles. The van der Waals surface area contributed by atoms with Crippen LogP contribution in [0.25, 0.3) is 0 Å². The Morgan fingerprint density at radius 2 is 1.53 bits per heavy atom. The third-order valence-electron chi connectivity index (χ3n) is 1.79. The molecule has 3 nitrogen and oxygen atoms in total. The first-order valence-electron chi connectivity index (χ1n) is 5.34. The van der Waals surface area contributed by atoms with Gasteiger partial charge in [0.05, 0.1) is 0 Å². The quantitative estimate of drug-likeness (QED) is 0.573. The molecule has 0 aliphatic rings. The summed E-state index contributed by atoms with van der Waals surface area (Å²) in [6.45, 7) is 10.7. The molecule has 0 bridgehead atoms. The van der Waals surface area contributed by atoms with E-state index in [4.69, 9.17) is 9.47 Å². The number of aliphatic hydroxyl groups is 1. The van der Waals surface area contributed by atoms with Gasteiger partial charge in [-0.25, -0.2) is 0 Å². The molecule has 15 heavy (non-hydrogen) atoms. The monoisotopic (exact) mass is 214 g/mol. The van der Waals surface area contributed by atoms with Crippen LogP contribution >= 0.6 is 0 Å². The molecule has 0 spiro atoms. The lowest BCUT2D eigenvalue weighted by atomic mass is 9.90. The Kier molecular flexibility index (Phi) is 6.58. The zero-order valence-electron chi connectivity index (χ0n) is 10.3. The standard InChI is InChI=1S/C12H22O3/c1-6-14-11(15-7-2)9-8-10(13)12(3,4)5/h10-11,13H,6-7H2,1-5H3. The molecule has 0 aliphatic heterocycles. The minimum Gasteiger partial charge on any atom is -0.380 e. The van der Waals surface area contributed by atoms with Gasteiger partial charge in [0.2, 0.25) is 6.29 Å². The van der Waals surface area contributed by atoms with Gasteiger partial charge >= 0.3 is 0 Å². The van der Waals surface area contributed by atoms with E-state index < -0.39 is 12.4 Å². The molecule has 0 radical (unpaired) electrons. The van der Waals surface area contributed by atoms with Crippen molar-refractivity contribution in [2.75, 3.05) is 13.2 Å². The highest BCUT2D eigenvalue weighted by atomic mass is 16.7. The summed E-state index contributed by atoms with van der Waals surface area (Å²) in [4.78, 5) is 0. The van der Waals surface area contributed by atoms with Crippen LogP contribution < -0.4 is 0 Å². The molecule has 0 heterocycles. The van der Waals surface area contributed by atoms with Crippen molar-refractivity contribution in [3.05, 3.63) is 0 Å². The van der Waals surface area contributed by atoms with Crippen LogP contribution in [0.5, 0.6) is 0 Å². The van der Waals surface area contributed by atoms with Crippen molar-refractivity contribution in [2.45, 2.75) is 47.0 Å². The average molecular weight is 214 g/mol. The van der Waals surface area contributed by atoms with Gasteiger partial charge in [-0.1, -0.05) is 26.7 Å². The zero-order chi connectivity index (χ0) is 11.9. The number of ether oxygens (including phenoxy) is 2. The second-order valence-corrected chi connectivity index (χ2v) is 4.30. The number of hydrogen-bond donors (Lipinski definition) is 1. The molecule has 0 rings (SSSR count). The molecule has 1 unspecified atom stereocenters. The topological polar surface area (TPSA) is 38.7 Å². The SMILES string of the molecule is CCOC(C#CC(O)C(C)(C)C)OCC. The van der Waals surface area contributed by atoms with E-state index in [2.05, 4.69) is 11.8 Å². The predicted octanol–water partition coefficient (Wildman–Crippen LogP) is 1.80. The highest BCUT2D eigenvalue weighted by Gasteiger charge is 2.19. The lowest BCUT2D eigenvalue weighted by Gasteiger charge is -2.21. The first kappa shape index (κ1) is 14.4. The molecule has 3 heteroatoms. The Labute approximate surface area is 92.8 Å². The third kappa shape index (κ3) is 6.51. The van der Waals surface area contributed by atoms with Crippen molar-refractivity contribution in [1.82, 2.24) is 0 Å². The fourth-order valence-corrected chi connectivity index (χ4v) is 0.798. The van der Waals surface area contributed by atoms with Crippen LogP contribution in [0.1, 0.15) is 34.6 Å². The molecule has 1 N–H and O–H groups in total. The number of hydrogen-bond acceptors (Lipinski definition) is 3. The zero-order valence-corrected chi connectivity index (χ0v) is 10.3. The predicted molar refractivity (Wildman–Crippen MR) is 60.3 cm³/mol. The van der Waals surface area contributed by atoms with E-state index in [1.165, 1.54) is 0 Å². The Morgan fingerprint density at radius 3 is 1.87 bits per heavy atom. The molecule has 0 amide bonds. The minimum atomic E-state index is -0.666. The van der Waals surface area contributed by atoms with Crippen molar-refractivity contribution in [3.8, 4) is 11.8 Å². The average Bonchev–Trinajstić information content (AvgIpc) is 2.12. The van der Waals surface area contributed by atoms with Crippen molar-refractivity contribution in [2.24, 2.45) is 5.41 Å². The Bertz CT molecular complexity index is 213. The van der Waals surface area contributed by atoms with Crippen LogP contribution in [0.4, 0.5) is 0 Å². The second-order valence-electron chi connectivity index (χ2n) is 4.30. The summed E-state index contributed by atoms with van der Waals surface area (Å²) in [6.07, 6.45) is -1.20. The van der Waals surface area contributed by atoms with Gasteiger partial charge in [-0.2, -0.15) is 0 Å². The Hall–Kier alpha value is -0.560. The summed E-state index contributed by atoms with van der Waals surface area (Å²) in [5, 5.41) is 9.69. The second kappa shape index (κ2) is 6.84.